The molecule has 2 atom stereocenters. The standard InChI is InChI=1S/2C6H14N4O2.C4H12N2/c2*7-4(5(11)12)2-1-3-10-6(8)9;5-3-1-2-4-6/h2*4H,1-3,7H2,(H,11,12)(H4,8,9,10);1-6H2/t2*4-;/m00./s1. The highest BCUT2D eigenvalue weighted by atomic mass is 16.4. The molecule has 0 aliphatic carbocycles. The van der Waals surface area contributed by atoms with Gasteiger partial charge < -0.3 is 56.1 Å². The van der Waals surface area contributed by atoms with Gasteiger partial charge in [-0.1, -0.05) is 0 Å². The van der Waals surface area contributed by atoms with Gasteiger partial charge in [-0.3, -0.25) is 19.6 Å². The minimum atomic E-state index is -1.00. The molecule has 0 aromatic carbocycles. The molecule has 0 heterocycles. The minimum Gasteiger partial charge on any atom is -0.480 e. The van der Waals surface area contributed by atoms with Crippen LogP contribution in [-0.2, 0) is 9.59 Å². The largest absolute Gasteiger partial charge is 0.480 e. The Morgan fingerprint density at radius 3 is 1.17 bits per heavy atom. The van der Waals surface area contributed by atoms with Gasteiger partial charge in [0.25, 0.3) is 0 Å². The smallest absolute Gasteiger partial charge is 0.320 e. The summed E-state index contributed by atoms with van der Waals surface area (Å²) in [6.07, 6.45) is 4.04. The summed E-state index contributed by atoms with van der Waals surface area (Å²) in [5.74, 6) is -1.97. The zero-order valence-electron chi connectivity index (χ0n) is 17.4. The van der Waals surface area contributed by atoms with Crippen molar-refractivity contribution in [3.8, 4) is 0 Å². The first-order valence-electron chi connectivity index (χ1n) is 9.47. The summed E-state index contributed by atoms with van der Waals surface area (Å²) in [4.78, 5) is 27.8. The van der Waals surface area contributed by atoms with E-state index in [1.165, 1.54) is 0 Å². The number of hydrogen-bond acceptors (Lipinski definition) is 8. The maximum Gasteiger partial charge on any atom is 0.320 e. The SMILES string of the molecule is NC(N)=NCCC[C@H](N)C(=O)O.NC(N)=NCCC[C@H](N)C(=O)O.NCCCCN. The van der Waals surface area contributed by atoms with E-state index in [0.29, 0.717) is 38.8 Å². The zero-order chi connectivity index (χ0) is 23.9. The summed E-state index contributed by atoms with van der Waals surface area (Å²) in [7, 11) is 0. The van der Waals surface area contributed by atoms with Crippen molar-refractivity contribution >= 4 is 23.9 Å². The van der Waals surface area contributed by atoms with Crippen LogP contribution in [0, 0.1) is 0 Å². The molecule has 0 aliphatic heterocycles. The van der Waals surface area contributed by atoms with Crippen LogP contribution in [0.4, 0.5) is 0 Å². The van der Waals surface area contributed by atoms with Gasteiger partial charge in [-0.25, -0.2) is 0 Å². The number of carbonyl (C=O) groups is 2. The van der Waals surface area contributed by atoms with E-state index in [0.717, 1.165) is 25.9 Å². The highest BCUT2D eigenvalue weighted by Crippen LogP contribution is 1.95. The predicted molar refractivity (Wildman–Crippen MR) is 118 cm³/mol. The van der Waals surface area contributed by atoms with E-state index in [1.807, 2.05) is 0 Å². The number of nitrogens with two attached hydrogens (primary N) is 8. The Labute approximate surface area is 177 Å². The van der Waals surface area contributed by atoms with Crippen LogP contribution < -0.4 is 45.9 Å². The molecule has 18 N–H and O–H groups in total. The third kappa shape index (κ3) is 30.1. The van der Waals surface area contributed by atoms with Gasteiger partial charge in [0.05, 0.1) is 0 Å². The summed E-state index contributed by atoms with van der Waals surface area (Å²) in [6.45, 7) is 2.39. The topological polar surface area (TPSA) is 307 Å². The Bertz CT molecular complexity index is 450. The number of hydrogen-bond donors (Lipinski definition) is 10. The lowest BCUT2D eigenvalue weighted by Gasteiger charge is -2.03. The van der Waals surface area contributed by atoms with Crippen LogP contribution in [0.25, 0.3) is 0 Å². The minimum absolute atomic E-state index is 0.0129. The Morgan fingerprint density at radius 2 is 0.967 bits per heavy atom. The van der Waals surface area contributed by atoms with E-state index in [4.69, 9.17) is 56.1 Å². The first kappa shape index (κ1) is 32.0. The van der Waals surface area contributed by atoms with E-state index in [9.17, 15) is 9.59 Å². The van der Waals surface area contributed by atoms with E-state index in [-0.39, 0.29) is 11.9 Å². The number of aliphatic imine (C=N–C) groups is 2. The van der Waals surface area contributed by atoms with Gasteiger partial charge in [0, 0.05) is 13.1 Å². The van der Waals surface area contributed by atoms with Gasteiger partial charge in [0.1, 0.15) is 12.1 Å². The van der Waals surface area contributed by atoms with Crippen LogP contribution in [0.1, 0.15) is 38.5 Å². The van der Waals surface area contributed by atoms with Crippen molar-refractivity contribution in [2.45, 2.75) is 50.6 Å². The van der Waals surface area contributed by atoms with Gasteiger partial charge in [-0.15, -0.1) is 0 Å². The molecule has 0 aromatic heterocycles. The molecule has 0 bridgehead atoms. The fraction of sp³-hybridized carbons (Fsp3) is 0.750. The lowest BCUT2D eigenvalue weighted by Crippen LogP contribution is -2.30. The van der Waals surface area contributed by atoms with E-state index in [1.54, 1.807) is 0 Å². The molecular formula is C16H40N10O4. The number of unbranched alkanes of at least 4 members (excludes halogenated alkanes) is 1. The molecule has 0 fully saturated rings. The first-order chi connectivity index (χ1) is 14.0. The van der Waals surface area contributed by atoms with Crippen molar-refractivity contribution in [2.75, 3.05) is 26.2 Å². The molecule has 0 spiro atoms. The van der Waals surface area contributed by atoms with Crippen molar-refractivity contribution in [3.63, 3.8) is 0 Å². The molecule has 0 saturated heterocycles. The average molecular weight is 437 g/mol. The van der Waals surface area contributed by atoms with Crippen molar-refractivity contribution in [1.29, 1.82) is 0 Å². The maximum absolute atomic E-state index is 10.2. The summed E-state index contributed by atoms with van der Waals surface area (Å²) in [5.41, 5.74) is 41.0. The first-order valence-corrected chi connectivity index (χ1v) is 9.47. The highest BCUT2D eigenvalue weighted by Gasteiger charge is 2.10. The quantitative estimate of drug-likeness (QED) is 0.0766. The average Bonchev–Trinajstić information content (AvgIpc) is 2.67. The normalized spacial score (nSPS) is 11.5. The van der Waals surface area contributed by atoms with Gasteiger partial charge in [-0.05, 0) is 51.6 Å². The second-order valence-corrected chi connectivity index (χ2v) is 6.07. The van der Waals surface area contributed by atoms with Crippen molar-refractivity contribution < 1.29 is 19.8 Å². The van der Waals surface area contributed by atoms with E-state index < -0.39 is 24.0 Å². The van der Waals surface area contributed by atoms with E-state index >= 15 is 0 Å². The van der Waals surface area contributed by atoms with Gasteiger partial charge in [-0.2, -0.15) is 0 Å². The highest BCUT2D eigenvalue weighted by molar-refractivity contribution is 5.76. The molecule has 0 amide bonds. The molecule has 0 rings (SSSR count). The van der Waals surface area contributed by atoms with Crippen molar-refractivity contribution in [3.05, 3.63) is 0 Å². The predicted octanol–water partition coefficient (Wildman–Crippen LogP) is -3.41. The molecule has 14 nitrogen and oxygen atoms in total. The number of rotatable bonds is 13. The van der Waals surface area contributed by atoms with Crippen LogP contribution in [0.3, 0.4) is 0 Å². The molecular weight excluding hydrogens is 396 g/mol. The van der Waals surface area contributed by atoms with E-state index in [2.05, 4.69) is 9.98 Å². The lowest BCUT2D eigenvalue weighted by molar-refractivity contribution is -0.139. The number of carboxylic acids is 2. The molecule has 0 aliphatic rings. The number of carboxylic acid groups (broad SMARTS) is 2. The Balaban J connectivity index is -0.000000386. The number of aliphatic carboxylic acids is 2. The summed E-state index contributed by atoms with van der Waals surface area (Å²) in [5, 5.41) is 16.8. The fourth-order valence-corrected chi connectivity index (χ4v) is 1.57. The van der Waals surface area contributed by atoms with Gasteiger partial charge >= 0.3 is 11.9 Å². The summed E-state index contributed by atoms with van der Waals surface area (Å²) < 4.78 is 0. The molecule has 0 saturated carbocycles. The number of guanidine groups is 2. The zero-order valence-corrected chi connectivity index (χ0v) is 17.4. The monoisotopic (exact) mass is 436 g/mol. The summed E-state index contributed by atoms with van der Waals surface area (Å²) >= 11 is 0. The maximum atomic E-state index is 10.2. The third-order valence-corrected chi connectivity index (χ3v) is 3.23. The summed E-state index contributed by atoms with van der Waals surface area (Å²) in [6, 6.07) is -1.64. The molecule has 0 unspecified atom stereocenters. The Kier molecular flexibility index (Phi) is 24.1. The second kappa shape index (κ2) is 22.6. The van der Waals surface area contributed by atoms with Crippen LogP contribution in [0.5, 0.6) is 0 Å². The molecule has 0 radical (unpaired) electrons. The lowest BCUT2D eigenvalue weighted by atomic mass is 10.2. The van der Waals surface area contributed by atoms with Crippen LogP contribution in [0.15, 0.2) is 9.98 Å². The second-order valence-electron chi connectivity index (χ2n) is 6.07. The molecule has 0 aromatic rings. The van der Waals surface area contributed by atoms with Gasteiger partial charge in [0.15, 0.2) is 11.9 Å². The van der Waals surface area contributed by atoms with Crippen LogP contribution in [-0.4, -0.2) is 72.3 Å². The fourth-order valence-electron chi connectivity index (χ4n) is 1.57. The third-order valence-electron chi connectivity index (χ3n) is 3.23. The van der Waals surface area contributed by atoms with Crippen molar-refractivity contribution in [2.24, 2.45) is 55.9 Å². The Hall–Kier alpha value is -2.68. The number of nitrogens with zero attached hydrogens (tertiary/aromatic N) is 2. The Morgan fingerprint density at radius 1 is 0.667 bits per heavy atom. The van der Waals surface area contributed by atoms with Crippen LogP contribution in [0.2, 0.25) is 0 Å². The van der Waals surface area contributed by atoms with Crippen molar-refractivity contribution in [1.82, 2.24) is 0 Å². The molecule has 178 valence electrons. The van der Waals surface area contributed by atoms with Gasteiger partial charge in [0.2, 0.25) is 0 Å². The molecule has 14 heteroatoms. The van der Waals surface area contributed by atoms with Crippen LogP contribution >= 0.6 is 0 Å². The molecule has 30 heavy (non-hydrogen) atoms.